The third-order valence-electron chi connectivity index (χ3n) is 4.15. The van der Waals surface area contributed by atoms with Crippen LogP contribution in [0, 0.1) is 7.14 Å². The van der Waals surface area contributed by atoms with Gasteiger partial charge in [0.25, 0.3) is 11.1 Å². The van der Waals surface area contributed by atoms with Gasteiger partial charge in [0, 0.05) is 5.69 Å². The minimum Gasteiger partial charge on any atom is -0.495 e. The van der Waals surface area contributed by atoms with Crippen molar-refractivity contribution >= 4 is 85.8 Å². The van der Waals surface area contributed by atoms with Crippen LogP contribution in [0.25, 0.3) is 6.08 Å². The molecule has 3 amide bonds. The maximum atomic E-state index is 12.7. The SMILES string of the molecule is CCOc1ccc(NC(=O)CN2C(=O)S/C(=C/c3cc(I)c(OC)c(I)c3)C2=O)cc1. The molecule has 1 heterocycles. The molecule has 1 fully saturated rings. The smallest absolute Gasteiger partial charge is 0.294 e. The molecule has 1 aliphatic heterocycles. The first kappa shape index (κ1) is 23.9. The summed E-state index contributed by atoms with van der Waals surface area (Å²) in [6, 6.07) is 10.6. The number of thioether (sulfide) groups is 1. The van der Waals surface area contributed by atoms with Gasteiger partial charge in [-0.2, -0.15) is 0 Å². The Morgan fingerprint density at radius 1 is 1.16 bits per heavy atom. The van der Waals surface area contributed by atoms with Crippen LogP contribution in [-0.4, -0.2) is 42.2 Å². The number of hydrogen-bond donors (Lipinski definition) is 1. The monoisotopic (exact) mass is 664 g/mol. The van der Waals surface area contributed by atoms with Crippen molar-refractivity contribution in [3.8, 4) is 11.5 Å². The molecule has 3 rings (SSSR count). The summed E-state index contributed by atoms with van der Waals surface area (Å²) in [5, 5.41) is 2.21. The summed E-state index contributed by atoms with van der Waals surface area (Å²) in [5.41, 5.74) is 1.33. The number of amides is 3. The summed E-state index contributed by atoms with van der Waals surface area (Å²) in [7, 11) is 1.60. The average molecular weight is 664 g/mol. The quantitative estimate of drug-likeness (QED) is 0.333. The van der Waals surface area contributed by atoms with E-state index in [-0.39, 0.29) is 11.4 Å². The predicted molar refractivity (Wildman–Crippen MR) is 137 cm³/mol. The lowest BCUT2D eigenvalue weighted by Crippen LogP contribution is -2.36. The zero-order valence-corrected chi connectivity index (χ0v) is 21.7. The Bertz CT molecular complexity index is 1030. The second-order valence-corrected chi connectivity index (χ2v) is 9.61. The van der Waals surface area contributed by atoms with Gasteiger partial charge in [-0.1, -0.05) is 0 Å². The lowest BCUT2D eigenvalue weighted by Gasteiger charge is -2.13. The molecule has 0 spiro atoms. The van der Waals surface area contributed by atoms with Crippen molar-refractivity contribution in [2.24, 2.45) is 0 Å². The molecule has 31 heavy (non-hydrogen) atoms. The van der Waals surface area contributed by atoms with Crippen LogP contribution >= 0.6 is 56.9 Å². The maximum Gasteiger partial charge on any atom is 0.294 e. The molecule has 0 atom stereocenters. The number of carbonyl (C=O) groups is 3. The van der Waals surface area contributed by atoms with E-state index >= 15 is 0 Å². The molecule has 2 aromatic rings. The van der Waals surface area contributed by atoms with Crippen LogP contribution in [-0.2, 0) is 9.59 Å². The summed E-state index contributed by atoms with van der Waals surface area (Å²) in [4.78, 5) is 38.6. The Morgan fingerprint density at radius 3 is 2.39 bits per heavy atom. The normalized spacial score (nSPS) is 14.8. The first-order chi connectivity index (χ1) is 14.8. The van der Waals surface area contributed by atoms with E-state index in [4.69, 9.17) is 9.47 Å². The molecule has 10 heteroatoms. The van der Waals surface area contributed by atoms with Crippen molar-refractivity contribution in [3.05, 3.63) is 54.0 Å². The van der Waals surface area contributed by atoms with E-state index in [1.165, 1.54) is 0 Å². The number of hydrogen-bond acceptors (Lipinski definition) is 6. The summed E-state index contributed by atoms with van der Waals surface area (Å²) >= 11 is 5.13. The highest BCUT2D eigenvalue weighted by Gasteiger charge is 2.36. The van der Waals surface area contributed by atoms with Gasteiger partial charge in [-0.05, 0) is 112 Å². The number of nitrogens with zero attached hydrogens (tertiary/aromatic N) is 1. The molecule has 0 aliphatic carbocycles. The minimum absolute atomic E-state index is 0.274. The molecular formula is C21H18I2N2O5S. The number of anilines is 1. The molecule has 0 aromatic heterocycles. The third-order valence-corrected chi connectivity index (χ3v) is 6.66. The van der Waals surface area contributed by atoms with Gasteiger partial charge in [0.2, 0.25) is 5.91 Å². The number of rotatable bonds is 7. The number of imide groups is 1. The van der Waals surface area contributed by atoms with Gasteiger partial charge in [-0.15, -0.1) is 0 Å². The largest absolute Gasteiger partial charge is 0.495 e. The van der Waals surface area contributed by atoms with Gasteiger partial charge >= 0.3 is 0 Å². The molecule has 0 unspecified atom stereocenters. The fourth-order valence-electron chi connectivity index (χ4n) is 2.79. The first-order valence-corrected chi connectivity index (χ1v) is 12.1. The summed E-state index contributed by atoms with van der Waals surface area (Å²) in [6.45, 7) is 2.08. The molecule has 0 bridgehead atoms. The van der Waals surface area contributed by atoms with Crippen LogP contribution in [0.2, 0.25) is 0 Å². The van der Waals surface area contributed by atoms with Crippen LogP contribution in [0.1, 0.15) is 12.5 Å². The number of halogens is 2. The van der Waals surface area contributed by atoms with E-state index in [2.05, 4.69) is 50.5 Å². The molecule has 1 N–H and O–H groups in total. The topological polar surface area (TPSA) is 84.9 Å². The van der Waals surface area contributed by atoms with Crippen molar-refractivity contribution in [3.63, 3.8) is 0 Å². The standard InChI is InChI=1S/C21H18I2N2O5S/c1-3-30-14-6-4-13(5-7-14)24-18(26)11-25-20(27)17(31-21(25)28)10-12-8-15(22)19(29-2)16(23)9-12/h4-10H,3,11H2,1-2H3,(H,24,26)/b17-10+. The van der Waals surface area contributed by atoms with Gasteiger partial charge in [-0.25, -0.2) is 0 Å². The van der Waals surface area contributed by atoms with Crippen molar-refractivity contribution in [2.45, 2.75) is 6.92 Å². The zero-order chi connectivity index (χ0) is 22.5. The molecular weight excluding hydrogens is 646 g/mol. The highest BCUT2D eigenvalue weighted by Crippen LogP contribution is 2.34. The van der Waals surface area contributed by atoms with E-state index in [1.807, 2.05) is 19.1 Å². The highest BCUT2D eigenvalue weighted by atomic mass is 127. The first-order valence-electron chi connectivity index (χ1n) is 9.13. The number of nitrogens with one attached hydrogen (secondary N) is 1. The Hall–Kier alpha value is -1.80. The lowest BCUT2D eigenvalue weighted by molar-refractivity contribution is -0.127. The van der Waals surface area contributed by atoms with Crippen LogP contribution in [0.15, 0.2) is 41.3 Å². The van der Waals surface area contributed by atoms with Crippen molar-refractivity contribution in [1.29, 1.82) is 0 Å². The number of methoxy groups -OCH3 is 1. The van der Waals surface area contributed by atoms with Gasteiger partial charge < -0.3 is 14.8 Å². The summed E-state index contributed by atoms with van der Waals surface area (Å²) in [5.74, 6) is 0.510. The van der Waals surface area contributed by atoms with E-state index in [0.717, 1.165) is 35.1 Å². The highest BCUT2D eigenvalue weighted by molar-refractivity contribution is 14.1. The van der Waals surface area contributed by atoms with Crippen LogP contribution in [0.3, 0.4) is 0 Å². The predicted octanol–water partition coefficient (Wildman–Crippen LogP) is 4.98. The van der Waals surface area contributed by atoms with Gasteiger partial charge in [0.05, 0.1) is 25.8 Å². The fourth-order valence-corrected chi connectivity index (χ4v) is 5.89. The summed E-state index contributed by atoms with van der Waals surface area (Å²) < 4.78 is 12.5. The molecule has 7 nitrogen and oxygen atoms in total. The van der Waals surface area contributed by atoms with Gasteiger partial charge in [0.1, 0.15) is 18.0 Å². The average Bonchev–Trinajstić information content (AvgIpc) is 2.97. The second kappa shape index (κ2) is 10.7. The number of ether oxygens (including phenoxy) is 2. The molecule has 2 aromatic carbocycles. The van der Waals surface area contributed by atoms with Crippen LogP contribution in [0.5, 0.6) is 11.5 Å². The molecule has 1 aliphatic rings. The van der Waals surface area contributed by atoms with Gasteiger partial charge in [0.15, 0.2) is 0 Å². The zero-order valence-electron chi connectivity index (χ0n) is 16.6. The van der Waals surface area contributed by atoms with E-state index in [9.17, 15) is 14.4 Å². The number of carbonyl (C=O) groups excluding carboxylic acids is 3. The maximum absolute atomic E-state index is 12.7. The molecule has 0 saturated carbocycles. The molecule has 1 saturated heterocycles. The fraction of sp³-hybridized carbons (Fsp3) is 0.190. The Kier molecular flexibility index (Phi) is 8.22. The molecule has 0 radical (unpaired) electrons. The van der Waals surface area contributed by atoms with E-state index in [0.29, 0.717) is 18.0 Å². The molecule has 162 valence electrons. The van der Waals surface area contributed by atoms with E-state index < -0.39 is 17.1 Å². The number of benzene rings is 2. The minimum atomic E-state index is -0.488. The summed E-state index contributed by atoms with van der Waals surface area (Å²) in [6.07, 6.45) is 1.65. The Balaban J connectivity index is 1.68. The lowest BCUT2D eigenvalue weighted by atomic mass is 10.2. The van der Waals surface area contributed by atoms with Crippen LogP contribution < -0.4 is 14.8 Å². The Labute approximate surface area is 211 Å². The van der Waals surface area contributed by atoms with E-state index in [1.54, 1.807) is 37.5 Å². The van der Waals surface area contributed by atoms with Gasteiger partial charge in [-0.3, -0.25) is 19.3 Å². The third kappa shape index (κ3) is 5.92. The van der Waals surface area contributed by atoms with Crippen molar-refractivity contribution in [2.75, 3.05) is 25.6 Å². The van der Waals surface area contributed by atoms with Crippen molar-refractivity contribution in [1.82, 2.24) is 4.90 Å². The van der Waals surface area contributed by atoms with Crippen LogP contribution in [0.4, 0.5) is 10.5 Å². The Morgan fingerprint density at radius 2 is 1.81 bits per heavy atom. The van der Waals surface area contributed by atoms with Crippen molar-refractivity contribution < 1.29 is 23.9 Å². The second-order valence-electron chi connectivity index (χ2n) is 6.29.